The van der Waals surface area contributed by atoms with E-state index in [1.54, 1.807) is 6.07 Å². The van der Waals surface area contributed by atoms with Gasteiger partial charge in [0.2, 0.25) is 0 Å². The van der Waals surface area contributed by atoms with E-state index >= 15 is 0 Å². The minimum absolute atomic E-state index is 0.139. The molecule has 0 fully saturated rings. The van der Waals surface area contributed by atoms with Crippen LogP contribution in [0.25, 0.3) is 0 Å². The second kappa shape index (κ2) is 9.13. The van der Waals surface area contributed by atoms with Crippen LogP contribution in [0.5, 0.6) is 5.75 Å². The minimum atomic E-state index is -0.556. The number of benzene rings is 2. The number of halogens is 3. The van der Waals surface area contributed by atoms with Crippen LogP contribution in [-0.2, 0) is 17.0 Å². The standard InChI is InChI=1S/C15H16FOP.2ClH.Ti/c1-9-4-5-13(12(16)7-9)18-14-8-10(2)6-11(3)15(14)17;;;/h4-8,17-18H,1-3H3;2*1H;/q;;;+2/p-2. The predicted molar refractivity (Wildman–Crippen MR) is 88.0 cm³/mol. The Kier molecular flexibility index (Phi) is 8.23. The summed E-state index contributed by atoms with van der Waals surface area (Å²) in [6.07, 6.45) is 0. The Morgan fingerprint density at radius 1 is 1.00 bits per heavy atom. The maximum atomic E-state index is 13.8. The van der Waals surface area contributed by atoms with Crippen LogP contribution in [0.15, 0.2) is 30.3 Å². The van der Waals surface area contributed by atoms with Crippen LogP contribution in [0.3, 0.4) is 0 Å². The Morgan fingerprint density at radius 3 is 2.19 bits per heavy atom. The average Bonchev–Trinajstić information content (AvgIpc) is 2.39. The summed E-state index contributed by atoms with van der Waals surface area (Å²) in [6.45, 7) is 5.71. The van der Waals surface area contributed by atoms with E-state index in [2.05, 4.69) is 0 Å². The van der Waals surface area contributed by atoms with Crippen LogP contribution in [0.4, 0.5) is 4.39 Å². The molecule has 6 heteroatoms. The van der Waals surface area contributed by atoms with E-state index in [9.17, 15) is 9.50 Å². The Morgan fingerprint density at radius 2 is 1.62 bits per heavy atom. The first kappa shape index (κ1) is 18.9. The molecule has 0 aromatic heterocycles. The number of hydrogen-bond donors (Lipinski definition) is 1. The number of rotatable bonds is 2. The first-order valence-electron chi connectivity index (χ1n) is 6.18. The van der Waals surface area contributed by atoms with E-state index in [4.69, 9.17) is 18.6 Å². The first-order chi connectivity index (χ1) is 9.88. The molecule has 112 valence electrons. The van der Waals surface area contributed by atoms with Crippen LogP contribution in [-0.4, -0.2) is 5.11 Å². The molecule has 0 aliphatic carbocycles. The summed E-state index contributed by atoms with van der Waals surface area (Å²) < 4.78 is 13.8. The van der Waals surface area contributed by atoms with Gasteiger partial charge in [-0.25, -0.2) is 4.39 Å². The van der Waals surface area contributed by atoms with Gasteiger partial charge in [-0.05, 0) is 49.6 Å². The number of phenols is 1. The molecule has 0 radical (unpaired) electrons. The topological polar surface area (TPSA) is 20.2 Å². The Balaban J connectivity index is 0.000000677. The van der Waals surface area contributed by atoms with Crippen LogP contribution in [0.2, 0.25) is 0 Å². The average molecular weight is 381 g/mol. The van der Waals surface area contributed by atoms with E-state index in [-0.39, 0.29) is 20.1 Å². The van der Waals surface area contributed by atoms with Gasteiger partial charge in [-0.3, -0.25) is 0 Å². The normalized spacial score (nSPS) is 10.4. The van der Waals surface area contributed by atoms with Gasteiger partial charge in [0.05, 0.1) is 0 Å². The molecule has 21 heavy (non-hydrogen) atoms. The van der Waals surface area contributed by atoms with Crippen molar-refractivity contribution in [3.8, 4) is 5.75 Å². The molecule has 0 saturated heterocycles. The molecule has 0 aliphatic rings. The van der Waals surface area contributed by atoms with Crippen LogP contribution >= 0.6 is 27.2 Å². The summed E-state index contributed by atoms with van der Waals surface area (Å²) in [4.78, 5) is 0. The van der Waals surface area contributed by atoms with Gasteiger partial charge in [-0.1, -0.05) is 26.8 Å². The zero-order valence-corrected chi connectivity index (χ0v) is 16.0. The third kappa shape index (κ3) is 5.89. The second-order valence-electron chi connectivity index (χ2n) is 4.66. The zero-order valence-electron chi connectivity index (χ0n) is 12.0. The fourth-order valence-corrected chi connectivity index (χ4v) is 3.19. The monoisotopic (exact) mass is 380 g/mol. The van der Waals surface area contributed by atoms with Gasteiger partial charge in [-0.15, -0.1) is 0 Å². The second-order valence-corrected chi connectivity index (χ2v) is 8.56. The Bertz CT molecular complexity index is 623. The summed E-state index contributed by atoms with van der Waals surface area (Å²) in [7, 11) is 9.92. The number of phenolic OH excluding ortho intramolecular Hbond substituents is 1. The molecule has 1 unspecified atom stereocenters. The molecule has 0 amide bonds. The van der Waals surface area contributed by atoms with Gasteiger partial charge in [-0.2, -0.15) is 0 Å². The number of aryl methyl sites for hydroxylation is 3. The fourth-order valence-electron chi connectivity index (χ4n) is 1.92. The van der Waals surface area contributed by atoms with Gasteiger partial charge in [0, 0.05) is 10.6 Å². The molecule has 0 saturated carbocycles. The number of hydrogen-bond acceptors (Lipinski definition) is 1. The van der Waals surface area contributed by atoms with Gasteiger partial charge >= 0.3 is 35.6 Å². The molecule has 0 spiro atoms. The predicted octanol–water partition coefficient (Wildman–Crippen LogP) is 4.46. The molecule has 1 nitrogen and oxygen atoms in total. The quantitative estimate of drug-likeness (QED) is 0.602. The molecule has 2 aromatic carbocycles. The third-order valence-corrected chi connectivity index (χ3v) is 4.16. The van der Waals surface area contributed by atoms with Crippen LogP contribution < -0.4 is 10.6 Å². The SMILES string of the molecule is Cc1ccc(Pc2cc(C)cc(C)c2O)c(F)c1.[Cl][Ti][Cl]. The Labute approximate surface area is 143 Å². The summed E-state index contributed by atoms with van der Waals surface area (Å²) in [6, 6.07) is 9.06. The van der Waals surface area contributed by atoms with Crippen LogP contribution in [0, 0.1) is 26.6 Å². The third-order valence-electron chi connectivity index (χ3n) is 2.84. The molecule has 2 rings (SSSR count). The molecule has 2 aromatic rings. The molecule has 1 atom stereocenters. The van der Waals surface area contributed by atoms with Crippen LogP contribution in [0.1, 0.15) is 16.7 Å². The maximum absolute atomic E-state index is 13.8. The molecule has 0 heterocycles. The van der Waals surface area contributed by atoms with Gasteiger partial charge in [0.25, 0.3) is 0 Å². The summed E-state index contributed by atoms with van der Waals surface area (Å²) >= 11 is -0.556. The molecular weight excluding hydrogens is 365 g/mol. The van der Waals surface area contributed by atoms with E-state index in [1.807, 2.05) is 39.0 Å². The van der Waals surface area contributed by atoms with Crippen molar-refractivity contribution in [2.24, 2.45) is 0 Å². The number of aromatic hydroxyl groups is 1. The van der Waals surface area contributed by atoms with E-state index in [1.165, 1.54) is 6.07 Å². The molecule has 0 bridgehead atoms. The van der Waals surface area contributed by atoms with E-state index in [0.29, 0.717) is 5.30 Å². The zero-order chi connectivity index (χ0) is 16.0. The fraction of sp³-hybridized carbons (Fsp3) is 0.200. The van der Waals surface area contributed by atoms with Crippen molar-refractivity contribution in [1.29, 1.82) is 0 Å². The molecule has 0 aliphatic heterocycles. The van der Waals surface area contributed by atoms with Gasteiger partial charge in [0.1, 0.15) is 11.6 Å². The van der Waals surface area contributed by atoms with Crippen molar-refractivity contribution >= 4 is 37.8 Å². The van der Waals surface area contributed by atoms with E-state index < -0.39 is 17.0 Å². The summed E-state index contributed by atoms with van der Waals surface area (Å²) in [5, 5.41) is 11.5. The molecular formula is C15H16Cl2FOPTi. The summed E-state index contributed by atoms with van der Waals surface area (Å²) in [5.41, 5.74) is 2.83. The van der Waals surface area contributed by atoms with Gasteiger partial charge in [0.15, 0.2) is 0 Å². The first-order valence-corrected chi connectivity index (χ1v) is 11.5. The van der Waals surface area contributed by atoms with Gasteiger partial charge < -0.3 is 5.11 Å². The van der Waals surface area contributed by atoms with Crippen molar-refractivity contribution in [3.63, 3.8) is 0 Å². The summed E-state index contributed by atoms with van der Waals surface area (Å²) in [5.74, 6) is 0.0748. The van der Waals surface area contributed by atoms with Crippen molar-refractivity contribution < 1.29 is 26.5 Å². The van der Waals surface area contributed by atoms with E-state index in [0.717, 1.165) is 22.0 Å². The van der Waals surface area contributed by atoms with Crippen molar-refractivity contribution in [3.05, 3.63) is 52.8 Å². The van der Waals surface area contributed by atoms with Crippen molar-refractivity contribution in [1.82, 2.24) is 0 Å². The Hall–Kier alpha value is -0.106. The van der Waals surface area contributed by atoms with Crippen molar-refractivity contribution in [2.45, 2.75) is 20.8 Å². The van der Waals surface area contributed by atoms with Crippen molar-refractivity contribution in [2.75, 3.05) is 0 Å². The molecule has 1 N–H and O–H groups in total.